The summed E-state index contributed by atoms with van der Waals surface area (Å²) in [7, 11) is 0. The first-order chi connectivity index (χ1) is 10.7. The summed E-state index contributed by atoms with van der Waals surface area (Å²) in [5, 5.41) is 0. The third kappa shape index (κ3) is 2.85. The fourth-order valence-electron chi connectivity index (χ4n) is 2.64. The van der Waals surface area contributed by atoms with E-state index in [4.69, 9.17) is 0 Å². The molecule has 6 heteroatoms. The molecule has 0 saturated carbocycles. The molecule has 0 aromatic heterocycles. The van der Waals surface area contributed by atoms with Crippen LogP contribution >= 0.6 is 0 Å². The Bertz CT molecular complexity index is 780. The van der Waals surface area contributed by atoms with Crippen LogP contribution in [0.2, 0.25) is 0 Å². The molecule has 1 aliphatic rings. The predicted octanol–water partition coefficient (Wildman–Crippen LogP) is 5.83. The summed E-state index contributed by atoms with van der Waals surface area (Å²) >= 11 is 0. The molecule has 1 radical (unpaired) electrons. The standard InChI is InChI=1S/C17H9F6/c18-16(19,20)14-7-3-6-13(15(14)17(21,22)23)12-8-10-4-1-2-5-11(10)9-12/h1-9H. The SMILES string of the molecule is FC(F)(F)c1cccc(C2=Cc3ccccc3[CH]2)c1C(F)(F)F. The van der Waals surface area contributed by atoms with Crippen LogP contribution in [0.4, 0.5) is 26.3 Å². The second kappa shape index (κ2) is 5.15. The first kappa shape index (κ1) is 15.6. The van der Waals surface area contributed by atoms with Gasteiger partial charge in [0.05, 0.1) is 11.1 Å². The molecular weight excluding hydrogens is 318 g/mol. The predicted molar refractivity (Wildman–Crippen MR) is 74.2 cm³/mol. The Labute approximate surface area is 128 Å². The average Bonchev–Trinajstić information content (AvgIpc) is 2.88. The Balaban J connectivity index is 2.19. The molecule has 0 saturated heterocycles. The smallest absolute Gasteiger partial charge is 0.166 e. The van der Waals surface area contributed by atoms with Crippen LogP contribution in [0.25, 0.3) is 11.6 Å². The van der Waals surface area contributed by atoms with Crippen LogP contribution in [-0.4, -0.2) is 0 Å². The summed E-state index contributed by atoms with van der Waals surface area (Å²) in [6, 6.07) is 9.32. The van der Waals surface area contributed by atoms with Crippen molar-refractivity contribution < 1.29 is 26.3 Å². The van der Waals surface area contributed by atoms with Crippen LogP contribution < -0.4 is 0 Å². The van der Waals surface area contributed by atoms with Crippen LogP contribution in [0.5, 0.6) is 0 Å². The number of rotatable bonds is 1. The molecule has 0 aliphatic heterocycles. The van der Waals surface area contributed by atoms with Gasteiger partial charge in [0.15, 0.2) is 0 Å². The van der Waals surface area contributed by atoms with E-state index in [9.17, 15) is 26.3 Å². The minimum atomic E-state index is -5.11. The molecule has 3 rings (SSSR count). The molecular formula is C17H9F6. The molecule has 0 atom stereocenters. The summed E-state index contributed by atoms with van der Waals surface area (Å²) in [4.78, 5) is 0. The van der Waals surface area contributed by atoms with Crippen LogP contribution in [0, 0.1) is 6.42 Å². The zero-order chi connectivity index (χ0) is 16.8. The highest BCUT2D eigenvalue weighted by molar-refractivity contribution is 5.95. The van der Waals surface area contributed by atoms with Crippen molar-refractivity contribution in [2.45, 2.75) is 12.4 Å². The van der Waals surface area contributed by atoms with Crippen molar-refractivity contribution in [1.29, 1.82) is 0 Å². The second-order valence-electron chi connectivity index (χ2n) is 5.10. The van der Waals surface area contributed by atoms with E-state index in [1.165, 1.54) is 12.5 Å². The van der Waals surface area contributed by atoms with E-state index in [2.05, 4.69) is 0 Å². The maximum Gasteiger partial charge on any atom is 0.417 e. The van der Waals surface area contributed by atoms with E-state index < -0.39 is 29.0 Å². The molecule has 0 spiro atoms. The first-order valence-corrected chi connectivity index (χ1v) is 6.61. The van der Waals surface area contributed by atoms with Crippen molar-refractivity contribution in [2.75, 3.05) is 0 Å². The number of fused-ring (bicyclic) bond motifs is 1. The van der Waals surface area contributed by atoms with Crippen LogP contribution in [0.15, 0.2) is 42.5 Å². The third-order valence-electron chi connectivity index (χ3n) is 3.58. The van der Waals surface area contributed by atoms with Gasteiger partial charge in [-0.2, -0.15) is 26.3 Å². The second-order valence-corrected chi connectivity index (χ2v) is 5.10. The molecule has 119 valence electrons. The molecule has 0 heterocycles. The van der Waals surface area contributed by atoms with Gasteiger partial charge in [-0.3, -0.25) is 0 Å². The Kier molecular flexibility index (Phi) is 3.50. The lowest BCUT2D eigenvalue weighted by Crippen LogP contribution is -2.18. The number of halogens is 6. The molecule has 0 unspecified atom stereocenters. The van der Waals surface area contributed by atoms with E-state index in [0.29, 0.717) is 17.2 Å². The largest absolute Gasteiger partial charge is 0.417 e. The van der Waals surface area contributed by atoms with E-state index >= 15 is 0 Å². The molecule has 0 amide bonds. The van der Waals surface area contributed by atoms with Gasteiger partial charge in [0, 0.05) is 6.42 Å². The Morgan fingerprint density at radius 2 is 1.30 bits per heavy atom. The highest BCUT2D eigenvalue weighted by Gasteiger charge is 2.45. The minimum Gasteiger partial charge on any atom is -0.166 e. The number of hydrogen-bond donors (Lipinski definition) is 0. The van der Waals surface area contributed by atoms with E-state index in [0.717, 1.165) is 12.1 Å². The highest BCUT2D eigenvalue weighted by Crippen LogP contribution is 2.45. The van der Waals surface area contributed by atoms with E-state index in [-0.39, 0.29) is 5.57 Å². The van der Waals surface area contributed by atoms with Crippen molar-refractivity contribution in [1.82, 2.24) is 0 Å². The van der Waals surface area contributed by atoms with Gasteiger partial charge in [-0.25, -0.2) is 0 Å². The Morgan fingerprint density at radius 1 is 0.652 bits per heavy atom. The van der Waals surface area contributed by atoms with Gasteiger partial charge >= 0.3 is 12.4 Å². The number of benzene rings is 2. The van der Waals surface area contributed by atoms with Crippen LogP contribution in [0.1, 0.15) is 27.8 Å². The fraction of sp³-hybridized carbons (Fsp3) is 0.118. The molecule has 1 aliphatic carbocycles. The van der Waals surface area contributed by atoms with Crippen molar-refractivity contribution in [2.24, 2.45) is 0 Å². The van der Waals surface area contributed by atoms with Crippen molar-refractivity contribution in [3.05, 3.63) is 76.7 Å². The van der Waals surface area contributed by atoms with Gasteiger partial charge in [0.25, 0.3) is 0 Å². The molecule has 23 heavy (non-hydrogen) atoms. The van der Waals surface area contributed by atoms with E-state index in [1.807, 2.05) is 0 Å². The molecule has 0 fully saturated rings. The third-order valence-corrected chi connectivity index (χ3v) is 3.58. The topological polar surface area (TPSA) is 0 Å². The Morgan fingerprint density at radius 3 is 1.87 bits per heavy atom. The van der Waals surface area contributed by atoms with Crippen LogP contribution in [0.3, 0.4) is 0 Å². The van der Waals surface area contributed by atoms with Crippen molar-refractivity contribution >= 4 is 11.6 Å². The van der Waals surface area contributed by atoms with Gasteiger partial charge in [-0.1, -0.05) is 42.5 Å². The van der Waals surface area contributed by atoms with Gasteiger partial charge in [-0.15, -0.1) is 0 Å². The van der Waals surface area contributed by atoms with Crippen molar-refractivity contribution in [3.8, 4) is 0 Å². The lowest BCUT2D eigenvalue weighted by Gasteiger charge is -2.19. The summed E-state index contributed by atoms with van der Waals surface area (Å²) in [5.74, 6) is 0. The van der Waals surface area contributed by atoms with Crippen molar-refractivity contribution in [3.63, 3.8) is 0 Å². The maximum absolute atomic E-state index is 13.3. The summed E-state index contributed by atoms with van der Waals surface area (Å²) in [6.07, 6.45) is -7.27. The lowest BCUT2D eigenvalue weighted by atomic mass is 9.93. The molecule has 2 aromatic carbocycles. The van der Waals surface area contributed by atoms with Crippen LogP contribution in [-0.2, 0) is 12.4 Å². The van der Waals surface area contributed by atoms with Gasteiger partial charge in [0.1, 0.15) is 0 Å². The zero-order valence-electron chi connectivity index (χ0n) is 11.5. The zero-order valence-corrected chi connectivity index (χ0v) is 11.5. The number of hydrogen-bond acceptors (Lipinski definition) is 0. The van der Waals surface area contributed by atoms with Gasteiger partial charge in [-0.05, 0) is 28.3 Å². The van der Waals surface area contributed by atoms with Gasteiger partial charge < -0.3 is 0 Å². The Hall–Kier alpha value is -2.24. The maximum atomic E-state index is 13.3. The van der Waals surface area contributed by atoms with E-state index in [1.54, 1.807) is 24.3 Å². The normalized spacial score (nSPS) is 14.6. The molecule has 2 aromatic rings. The monoisotopic (exact) mass is 327 g/mol. The highest BCUT2D eigenvalue weighted by atomic mass is 19.4. The minimum absolute atomic E-state index is 0.115. The quantitative estimate of drug-likeness (QED) is 0.578. The average molecular weight is 327 g/mol. The van der Waals surface area contributed by atoms with Gasteiger partial charge in [0.2, 0.25) is 0 Å². The number of allylic oxidation sites excluding steroid dienone is 1. The molecule has 0 bridgehead atoms. The number of alkyl halides is 6. The summed E-state index contributed by atoms with van der Waals surface area (Å²) in [6.45, 7) is 0. The molecule has 0 N–H and O–H groups in total. The fourth-order valence-corrected chi connectivity index (χ4v) is 2.64. The summed E-state index contributed by atoms with van der Waals surface area (Å²) in [5.41, 5.74) is -2.33. The lowest BCUT2D eigenvalue weighted by molar-refractivity contribution is -0.162. The first-order valence-electron chi connectivity index (χ1n) is 6.61. The summed E-state index contributed by atoms with van der Waals surface area (Å²) < 4.78 is 78.8. The molecule has 0 nitrogen and oxygen atoms in total.